The normalized spacial score (nSPS) is 11.2. The van der Waals surface area contributed by atoms with Crippen molar-refractivity contribution in [2.75, 3.05) is 19.5 Å². The number of rotatable bonds is 5. The maximum Gasteiger partial charge on any atom is 0.251 e. The van der Waals surface area contributed by atoms with Crippen LogP contribution in [0.4, 0.5) is 18.9 Å². The van der Waals surface area contributed by atoms with E-state index in [1.165, 1.54) is 27.2 Å². The van der Waals surface area contributed by atoms with Crippen molar-refractivity contribution in [3.63, 3.8) is 0 Å². The molecule has 1 amide bonds. The Labute approximate surface area is 142 Å². The van der Waals surface area contributed by atoms with Gasteiger partial charge in [0.25, 0.3) is 5.91 Å². The fraction of sp³-hybridized carbons (Fsp3) is 0.167. The molecule has 132 valence electrons. The highest BCUT2D eigenvalue weighted by molar-refractivity contribution is 6.06. The second-order valence-electron chi connectivity index (χ2n) is 5.12. The van der Waals surface area contributed by atoms with Gasteiger partial charge in [-0.3, -0.25) is 4.79 Å². The van der Waals surface area contributed by atoms with E-state index in [4.69, 9.17) is 9.47 Å². The number of halogens is 3. The van der Waals surface area contributed by atoms with E-state index in [9.17, 15) is 18.0 Å². The predicted octanol–water partition coefficient (Wildman–Crippen LogP) is 4.16. The number of nitrogens with one attached hydrogen (secondary N) is 1. The van der Waals surface area contributed by atoms with Crippen molar-refractivity contribution in [3.8, 4) is 11.5 Å². The summed E-state index contributed by atoms with van der Waals surface area (Å²) < 4.78 is 50.0. The Morgan fingerprint density at radius 2 is 1.68 bits per heavy atom. The topological polar surface area (TPSA) is 47.6 Å². The lowest BCUT2D eigenvalue weighted by Gasteiger charge is -2.09. The standard InChI is InChI=1S/C18H16F3NO3/c1-10(8-11-4-7-14(24-2)15(9-11)25-3)18(23)22-13-6-5-12(19)16(20)17(13)21/h4-9H,1-3H3,(H,22,23)/b10-8+. The van der Waals surface area contributed by atoms with Crippen LogP contribution in [0.25, 0.3) is 6.08 Å². The molecule has 0 atom stereocenters. The molecule has 0 saturated carbocycles. The van der Waals surface area contributed by atoms with Gasteiger partial charge >= 0.3 is 0 Å². The van der Waals surface area contributed by atoms with Crippen LogP contribution >= 0.6 is 0 Å². The minimum absolute atomic E-state index is 0.233. The molecule has 0 aliphatic carbocycles. The number of benzene rings is 2. The molecule has 7 heteroatoms. The van der Waals surface area contributed by atoms with E-state index in [1.54, 1.807) is 18.2 Å². The highest BCUT2D eigenvalue weighted by atomic mass is 19.2. The van der Waals surface area contributed by atoms with Crippen molar-refractivity contribution in [1.29, 1.82) is 0 Å². The van der Waals surface area contributed by atoms with Crippen molar-refractivity contribution in [2.24, 2.45) is 0 Å². The molecule has 0 aromatic heterocycles. The minimum Gasteiger partial charge on any atom is -0.493 e. The smallest absolute Gasteiger partial charge is 0.251 e. The van der Waals surface area contributed by atoms with Crippen LogP contribution < -0.4 is 14.8 Å². The molecule has 0 radical (unpaired) electrons. The summed E-state index contributed by atoms with van der Waals surface area (Å²) in [6, 6.07) is 6.73. The van der Waals surface area contributed by atoms with Crippen LogP contribution in [-0.4, -0.2) is 20.1 Å². The molecular weight excluding hydrogens is 335 g/mol. The quantitative estimate of drug-likeness (QED) is 0.650. The third kappa shape index (κ3) is 4.12. The monoisotopic (exact) mass is 351 g/mol. The van der Waals surface area contributed by atoms with E-state index in [0.29, 0.717) is 17.1 Å². The molecule has 0 bridgehead atoms. The van der Waals surface area contributed by atoms with Crippen molar-refractivity contribution in [1.82, 2.24) is 0 Å². The first kappa shape index (κ1) is 18.4. The first-order valence-corrected chi connectivity index (χ1v) is 7.22. The van der Waals surface area contributed by atoms with E-state index >= 15 is 0 Å². The van der Waals surface area contributed by atoms with Crippen LogP contribution in [0.3, 0.4) is 0 Å². The Morgan fingerprint density at radius 1 is 1.00 bits per heavy atom. The van der Waals surface area contributed by atoms with Gasteiger partial charge in [0.15, 0.2) is 29.0 Å². The molecule has 0 unspecified atom stereocenters. The summed E-state index contributed by atoms with van der Waals surface area (Å²) in [6.07, 6.45) is 1.54. The molecular formula is C18H16F3NO3. The fourth-order valence-corrected chi connectivity index (χ4v) is 2.10. The molecule has 0 aliphatic heterocycles. The molecule has 4 nitrogen and oxygen atoms in total. The van der Waals surface area contributed by atoms with Crippen LogP contribution in [0.2, 0.25) is 0 Å². The van der Waals surface area contributed by atoms with Crippen LogP contribution in [0, 0.1) is 17.5 Å². The number of hydrogen-bond acceptors (Lipinski definition) is 3. The zero-order valence-corrected chi connectivity index (χ0v) is 13.8. The Kier molecular flexibility index (Phi) is 5.69. The van der Waals surface area contributed by atoms with Gasteiger partial charge in [-0.2, -0.15) is 0 Å². The molecule has 0 saturated heterocycles. The van der Waals surface area contributed by atoms with E-state index in [-0.39, 0.29) is 5.57 Å². The van der Waals surface area contributed by atoms with E-state index in [1.807, 2.05) is 0 Å². The van der Waals surface area contributed by atoms with Crippen LogP contribution in [-0.2, 0) is 4.79 Å². The number of amides is 1. The third-order valence-corrected chi connectivity index (χ3v) is 3.43. The lowest BCUT2D eigenvalue weighted by atomic mass is 10.1. The molecule has 2 aromatic carbocycles. The van der Waals surface area contributed by atoms with Gasteiger partial charge in [0.2, 0.25) is 0 Å². The van der Waals surface area contributed by atoms with Crippen molar-refractivity contribution < 1.29 is 27.4 Å². The summed E-state index contributed by atoms with van der Waals surface area (Å²) in [4.78, 5) is 12.1. The van der Waals surface area contributed by atoms with Crippen molar-refractivity contribution >= 4 is 17.7 Å². The summed E-state index contributed by atoms with van der Waals surface area (Å²) in [5.74, 6) is -4.05. The van der Waals surface area contributed by atoms with E-state index in [2.05, 4.69) is 5.32 Å². The van der Waals surface area contributed by atoms with Gasteiger partial charge in [0.05, 0.1) is 19.9 Å². The first-order chi connectivity index (χ1) is 11.9. The summed E-state index contributed by atoms with van der Waals surface area (Å²) >= 11 is 0. The average molecular weight is 351 g/mol. The van der Waals surface area contributed by atoms with Gasteiger partial charge < -0.3 is 14.8 Å². The first-order valence-electron chi connectivity index (χ1n) is 7.22. The van der Waals surface area contributed by atoms with Crippen molar-refractivity contribution in [2.45, 2.75) is 6.92 Å². The number of carbonyl (C=O) groups excluding carboxylic acids is 1. The zero-order chi connectivity index (χ0) is 18.6. The van der Waals surface area contributed by atoms with Gasteiger partial charge in [-0.25, -0.2) is 13.2 Å². The number of methoxy groups -OCH3 is 2. The third-order valence-electron chi connectivity index (χ3n) is 3.43. The van der Waals surface area contributed by atoms with Gasteiger partial charge in [0.1, 0.15) is 0 Å². The zero-order valence-electron chi connectivity index (χ0n) is 13.8. The Hall–Kier alpha value is -2.96. The molecule has 0 heterocycles. The van der Waals surface area contributed by atoms with E-state index < -0.39 is 29.0 Å². The second kappa shape index (κ2) is 7.74. The minimum atomic E-state index is -1.64. The average Bonchev–Trinajstić information content (AvgIpc) is 2.61. The predicted molar refractivity (Wildman–Crippen MR) is 88.1 cm³/mol. The summed E-state index contributed by atoms with van der Waals surface area (Å²) in [5.41, 5.74) is 0.441. The summed E-state index contributed by atoms with van der Waals surface area (Å²) in [6.45, 7) is 1.50. The summed E-state index contributed by atoms with van der Waals surface area (Å²) in [5, 5.41) is 2.20. The number of ether oxygens (including phenoxy) is 2. The Balaban J connectivity index is 2.22. The molecule has 2 aromatic rings. The lowest BCUT2D eigenvalue weighted by molar-refractivity contribution is -0.112. The van der Waals surface area contributed by atoms with Gasteiger partial charge in [-0.05, 0) is 42.8 Å². The molecule has 2 rings (SSSR count). The molecule has 0 aliphatic rings. The largest absolute Gasteiger partial charge is 0.493 e. The Bertz CT molecular complexity index is 835. The second-order valence-corrected chi connectivity index (χ2v) is 5.12. The van der Waals surface area contributed by atoms with Crippen LogP contribution in [0.1, 0.15) is 12.5 Å². The maximum absolute atomic E-state index is 13.6. The van der Waals surface area contributed by atoms with Gasteiger partial charge in [-0.1, -0.05) is 6.07 Å². The maximum atomic E-state index is 13.6. The molecule has 25 heavy (non-hydrogen) atoms. The number of hydrogen-bond donors (Lipinski definition) is 1. The summed E-state index contributed by atoms with van der Waals surface area (Å²) in [7, 11) is 2.99. The SMILES string of the molecule is COc1ccc(/C=C(\C)C(=O)Nc2ccc(F)c(F)c2F)cc1OC. The molecule has 0 fully saturated rings. The van der Waals surface area contributed by atoms with Gasteiger partial charge in [-0.15, -0.1) is 0 Å². The Morgan fingerprint density at radius 3 is 2.32 bits per heavy atom. The van der Waals surface area contributed by atoms with Crippen LogP contribution in [0.5, 0.6) is 11.5 Å². The van der Waals surface area contributed by atoms with E-state index in [0.717, 1.165) is 12.1 Å². The van der Waals surface area contributed by atoms with Gasteiger partial charge in [0, 0.05) is 5.57 Å². The highest BCUT2D eigenvalue weighted by Crippen LogP contribution is 2.28. The fourth-order valence-electron chi connectivity index (χ4n) is 2.10. The molecule has 1 N–H and O–H groups in total. The number of anilines is 1. The molecule has 0 spiro atoms. The number of carbonyl (C=O) groups is 1. The van der Waals surface area contributed by atoms with Crippen molar-refractivity contribution in [3.05, 3.63) is 58.9 Å². The highest BCUT2D eigenvalue weighted by Gasteiger charge is 2.16. The lowest BCUT2D eigenvalue weighted by Crippen LogP contribution is -2.14. The van der Waals surface area contributed by atoms with Crippen LogP contribution in [0.15, 0.2) is 35.9 Å².